The molecule has 0 N–H and O–H groups in total. The smallest absolute Gasteiger partial charge is 0.343 e. The molecule has 0 unspecified atom stereocenters. The molecule has 5 rings (SSSR count). The van der Waals surface area contributed by atoms with Crippen molar-refractivity contribution in [2.24, 2.45) is 0 Å². The number of hydrogen-bond donors (Lipinski definition) is 0. The molecule has 0 radical (unpaired) electrons. The van der Waals surface area contributed by atoms with Gasteiger partial charge in [-0.2, -0.15) is 0 Å². The number of aryl methyl sites for hydroxylation is 2. The van der Waals surface area contributed by atoms with Crippen LogP contribution in [0.5, 0.6) is 11.5 Å². The second-order valence-electron chi connectivity index (χ2n) is 7.84. The van der Waals surface area contributed by atoms with Crippen molar-refractivity contribution < 1.29 is 23.5 Å². The van der Waals surface area contributed by atoms with E-state index in [1.807, 2.05) is 30.5 Å². The number of hydrogen-bond acceptors (Lipinski definition) is 4. The van der Waals surface area contributed by atoms with E-state index in [2.05, 4.69) is 11.5 Å². The summed E-state index contributed by atoms with van der Waals surface area (Å²) in [4.78, 5) is 25.5. The summed E-state index contributed by atoms with van der Waals surface area (Å²) in [7, 11) is 0. The normalized spacial score (nSPS) is 13.9. The molecular formula is C27H20FNO4. The van der Waals surface area contributed by atoms with Gasteiger partial charge in [-0.05, 0) is 61.9 Å². The molecule has 0 amide bonds. The Hall–Kier alpha value is -4.19. The highest BCUT2D eigenvalue weighted by Crippen LogP contribution is 2.38. The first-order valence-corrected chi connectivity index (χ1v) is 10.6. The van der Waals surface area contributed by atoms with Crippen LogP contribution in [0.2, 0.25) is 0 Å². The van der Waals surface area contributed by atoms with Gasteiger partial charge in [0, 0.05) is 35.3 Å². The summed E-state index contributed by atoms with van der Waals surface area (Å²) in [5.41, 5.74) is 3.28. The number of carbonyl (C=O) groups is 2. The fraction of sp³-hybridized carbons (Fsp3) is 0.111. The monoisotopic (exact) mass is 441 g/mol. The van der Waals surface area contributed by atoms with Gasteiger partial charge < -0.3 is 14.0 Å². The molecule has 1 aliphatic heterocycles. The molecule has 0 aliphatic carbocycles. The molecule has 0 saturated heterocycles. The minimum atomic E-state index is -0.623. The van der Waals surface area contributed by atoms with Gasteiger partial charge in [0.15, 0.2) is 5.76 Å². The molecular weight excluding hydrogens is 421 g/mol. The van der Waals surface area contributed by atoms with Crippen molar-refractivity contribution in [1.82, 2.24) is 4.57 Å². The molecule has 5 nitrogen and oxygen atoms in total. The van der Waals surface area contributed by atoms with Gasteiger partial charge >= 0.3 is 5.97 Å². The number of halogens is 1. The fourth-order valence-corrected chi connectivity index (χ4v) is 4.08. The summed E-state index contributed by atoms with van der Waals surface area (Å²) in [6, 6.07) is 16.2. The van der Waals surface area contributed by atoms with Gasteiger partial charge in [-0.3, -0.25) is 4.79 Å². The summed E-state index contributed by atoms with van der Waals surface area (Å²) < 4.78 is 26.6. The molecule has 1 aromatic heterocycles. The van der Waals surface area contributed by atoms with Crippen molar-refractivity contribution in [1.29, 1.82) is 0 Å². The third kappa shape index (κ3) is 3.69. The van der Waals surface area contributed by atoms with Crippen molar-refractivity contribution >= 4 is 28.7 Å². The summed E-state index contributed by atoms with van der Waals surface area (Å²) >= 11 is 0. The van der Waals surface area contributed by atoms with Crippen molar-refractivity contribution in [2.45, 2.75) is 20.4 Å². The first kappa shape index (κ1) is 20.7. The molecule has 0 atom stereocenters. The van der Waals surface area contributed by atoms with Gasteiger partial charge in [-0.25, -0.2) is 9.18 Å². The predicted octanol–water partition coefficient (Wildman–Crippen LogP) is 5.94. The van der Waals surface area contributed by atoms with Gasteiger partial charge in [0.25, 0.3) is 0 Å². The number of Topliss-reactive ketones (excluding diaryl/α,β-unsaturated/α-hetero) is 1. The molecule has 2 heterocycles. The maximum atomic E-state index is 13.1. The molecule has 0 fully saturated rings. The predicted molar refractivity (Wildman–Crippen MR) is 123 cm³/mol. The number of aromatic nitrogens is 1. The zero-order chi connectivity index (χ0) is 23.1. The lowest BCUT2D eigenvalue weighted by atomic mass is 10.0. The van der Waals surface area contributed by atoms with E-state index in [4.69, 9.17) is 9.47 Å². The summed E-state index contributed by atoms with van der Waals surface area (Å²) in [5.74, 6) is -0.471. The molecule has 164 valence electrons. The van der Waals surface area contributed by atoms with Crippen LogP contribution < -0.4 is 9.47 Å². The standard InChI is InChI=1S/C27H20FNO4/c1-3-29-15-18(21-6-4-5-7-22(21)29)13-24-26(30)25-16(2)12-20(14-23(25)33-24)32-27(31)17-8-10-19(28)11-9-17/h4-15H,3H2,1-2H3/b24-13-. The Bertz CT molecular complexity index is 1450. The number of fused-ring (bicyclic) bond motifs is 2. The van der Waals surface area contributed by atoms with E-state index in [0.717, 1.165) is 23.0 Å². The summed E-state index contributed by atoms with van der Waals surface area (Å²) in [5, 5.41) is 1.03. The maximum absolute atomic E-state index is 13.1. The van der Waals surface area contributed by atoms with Crippen LogP contribution in [0.25, 0.3) is 17.0 Å². The molecule has 0 spiro atoms. The van der Waals surface area contributed by atoms with Crippen molar-refractivity contribution in [3.63, 3.8) is 0 Å². The lowest BCUT2D eigenvalue weighted by Crippen LogP contribution is -2.08. The first-order chi connectivity index (χ1) is 15.9. The number of para-hydroxylation sites is 1. The van der Waals surface area contributed by atoms with E-state index in [9.17, 15) is 14.0 Å². The van der Waals surface area contributed by atoms with Crippen molar-refractivity contribution in [3.05, 3.63) is 101 Å². The second-order valence-corrected chi connectivity index (χ2v) is 7.84. The maximum Gasteiger partial charge on any atom is 0.343 e. The fourth-order valence-electron chi connectivity index (χ4n) is 4.08. The second kappa shape index (κ2) is 8.06. The summed E-state index contributed by atoms with van der Waals surface area (Å²) in [6.07, 6.45) is 3.75. The molecule has 1 aliphatic rings. The van der Waals surface area contributed by atoms with Crippen LogP contribution in [0.4, 0.5) is 4.39 Å². The van der Waals surface area contributed by atoms with Crippen LogP contribution in [0, 0.1) is 12.7 Å². The quantitative estimate of drug-likeness (QED) is 0.223. The Morgan fingerprint density at radius 3 is 2.64 bits per heavy atom. The average molecular weight is 441 g/mol. The molecule has 33 heavy (non-hydrogen) atoms. The van der Waals surface area contributed by atoms with Crippen LogP contribution >= 0.6 is 0 Å². The largest absolute Gasteiger partial charge is 0.452 e. The number of ether oxygens (including phenoxy) is 2. The van der Waals surface area contributed by atoms with E-state index < -0.39 is 11.8 Å². The van der Waals surface area contributed by atoms with Crippen LogP contribution in [-0.4, -0.2) is 16.3 Å². The third-order valence-corrected chi connectivity index (χ3v) is 5.68. The van der Waals surface area contributed by atoms with E-state index >= 15 is 0 Å². The molecule has 4 aromatic rings. The highest BCUT2D eigenvalue weighted by Gasteiger charge is 2.30. The van der Waals surface area contributed by atoms with Crippen LogP contribution in [0.1, 0.15) is 38.8 Å². The van der Waals surface area contributed by atoms with Gasteiger partial charge in [-0.1, -0.05) is 18.2 Å². The van der Waals surface area contributed by atoms with E-state index in [0.29, 0.717) is 16.9 Å². The Labute approximate surface area is 189 Å². The highest BCUT2D eigenvalue weighted by molar-refractivity contribution is 6.16. The number of rotatable bonds is 4. The van der Waals surface area contributed by atoms with Crippen molar-refractivity contribution in [2.75, 3.05) is 0 Å². The Kier molecular flexibility index (Phi) is 5.05. The number of esters is 1. The van der Waals surface area contributed by atoms with E-state index in [1.165, 1.54) is 30.3 Å². The molecule has 6 heteroatoms. The topological polar surface area (TPSA) is 57.5 Å². The lowest BCUT2D eigenvalue weighted by molar-refractivity contribution is 0.0734. The average Bonchev–Trinajstić information content (AvgIpc) is 3.32. The van der Waals surface area contributed by atoms with E-state index in [-0.39, 0.29) is 22.9 Å². The van der Waals surface area contributed by atoms with Gasteiger partial charge in [0.1, 0.15) is 17.3 Å². The number of nitrogens with zero attached hydrogens (tertiary/aromatic N) is 1. The number of allylic oxidation sites excluding steroid dienone is 1. The minimum Gasteiger partial charge on any atom is -0.452 e. The Morgan fingerprint density at radius 1 is 1.12 bits per heavy atom. The SMILES string of the molecule is CCn1cc(/C=C2\Oc3cc(OC(=O)c4ccc(F)cc4)cc(C)c3C2=O)c2ccccc21. The first-order valence-electron chi connectivity index (χ1n) is 10.6. The zero-order valence-electron chi connectivity index (χ0n) is 18.1. The molecule has 0 bridgehead atoms. The third-order valence-electron chi connectivity index (χ3n) is 5.68. The number of ketones is 1. The molecule has 3 aromatic carbocycles. The number of carbonyl (C=O) groups excluding carboxylic acids is 2. The van der Waals surface area contributed by atoms with Gasteiger partial charge in [0.2, 0.25) is 5.78 Å². The van der Waals surface area contributed by atoms with Crippen LogP contribution in [0.3, 0.4) is 0 Å². The number of benzene rings is 3. The van der Waals surface area contributed by atoms with E-state index in [1.54, 1.807) is 19.1 Å². The molecule has 0 saturated carbocycles. The van der Waals surface area contributed by atoms with Crippen LogP contribution in [-0.2, 0) is 6.54 Å². The Balaban J connectivity index is 1.46. The summed E-state index contributed by atoms with van der Waals surface area (Å²) in [6.45, 7) is 4.64. The lowest BCUT2D eigenvalue weighted by Gasteiger charge is -2.07. The van der Waals surface area contributed by atoms with Crippen LogP contribution in [0.15, 0.2) is 72.6 Å². The zero-order valence-corrected chi connectivity index (χ0v) is 18.1. The Morgan fingerprint density at radius 2 is 1.88 bits per heavy atom. The highest BCUT2D eigenvalue weighted by atomic mass is 19.1. The van der Waals surface area contributed by atoms with Gasteiger partial charge in [-0.15, -0.1) is 0 Å². The van der Waals surface area contributed by atoms with Crippen molar-refractivity contribution in [3.8, 4) is 11.5 Å². The van der Waals surface area contributed by atoms with Gasteiger partial charge in [0.05, 0.1) is 11.1 Å². The minimum absolute atomic E-state index is 0.216.